The zero-order valence-corrected chi connectivity index (χ0v) is 20.4. The standard InChI is InChI=1S/C21H31N3O4SSi/c1-21(2,3)30(5,6)28-17-9-11-23(15-17)19-8-7-16(14-22-19)24-12-10-18(13-20(24)25)29(4,26)27/h7-8,10,12-14,17H,9,11,15H2,1-6H3/t17-/m1/s1. The molecule has 0 N–H and O–H groups in total. The number of aromatic nitrogens is 2. The zero-order valence-electron chi connectivity index (χ0n) is 18.5. The molecule has 1 aliphatic heterocycles. The summed E-state index contributed by atoms with van der Waals surface area (Å²) in [6, 6.07) is 6.27. The summed E-state index contributed by atoms with van der Waals surface area (Å²) in [6.07, 6.45) is 5.37. The summed E-state index contributed by atoms with van der Waals surface area (Å²) in [4.78, 5) is 19.1. The molecule has 2 aromatic rings. The Morgan fingerprint density at radius 2 is 1.90 bits per heavy atom. The van der Waals surface area contributed by atoms with Gasteiger partial charge in [0.1, 0.15) is 5.82 Å². The third kappa shape index (κ3) is 4.84. The summed E-state index contributed by atoms with van der Waals surface area (Å²) in [5, 5.41) is 0.181. The van der Waals surface area contributed by atoms with Crippen molar-refractivity contribution in [2.24, 2.45) is 0 Å². The Bertz CT molecular complexity index is 1070. The Hall–Kier alpha value is -1.97. The van der Waals surface area contributed by atoms with Gasteiger partial charge in [0.15, 0.2) is 18.2 Å². The topological polar surface area (TPSA) is 81.5 Å². The van der Waals surface area contributed by atoms with E-state index in [-0.39, 0.29) is 16.0 Å². The van der Waals surface area contributed by atoms with Crippen molar-refractivity contribution in [3.63, 3.8) is 0 Å². The molecule has 0 amide bonds. The lowest BCUT2D eigenvalue weighted by molar-refractivity contribution is 0.202. The molecule has 0 saturated carbocycles. The summed E-state index contributed by atoms with van der Waals surface area (Å²) in [6.45, 7) is 13.0. The minimum absolute atomic E-state index is 0.0122. The van der Waals surface area contributed by atoms with Gasteiger partial charge in [-0.3, -0.25) is 9.36 Å². The van der Waals surface area contributed by atoms with E-state index in [1.807, 2.05) is 12.1 Å². The molecule has 1 saturated heterocycles. The molecule has 1 aliphatic rings. The first kappa shape index (κ1) is 22.7. The highest BCUT2D eigenvalue weighted by Gasteiger charge is 2.40. The monoisotopic (exact) mass is 449 g/mol. The van der Waals surface area contributed by atoms with Crippen LogP contribution in [0.3, 0.4) is 0 Å². The molecule has 3 heterocycles. The third-order valence-electron chi connectivity index (χ3n) is 6.07. The van der Waals surface area contributed by atoms with Crippen LogP contribution in [0.4, 0.5) is 5.82 Å². The third-order valence-corrected chi connectivity index (χ3v) is 11.7. The molecule has 30 heavy (non-hydrogen) atoms. The normalized spacial score (nSPS) is 18.1. The van der Waals surface area contributed by atoms with Gasteiger partial charge >= 0.3 is 0 Å². The number of nitrogens with zero attached hydrogens (tertiary/aromatic N) is 3. The maximum absolute atomic E-state index is 12.3. The van der Waals surface area contributed by atoms with E-state index >= 15 is 0 Å². The first-order valence-electron chi connectivity index (χ1n) is 10.1. The van der Waals surface area contributed by atoms with Gasteiger partial charge in [-0.1, -0.05) is 20.8 Å². The Labute approximate surface area is 179 Å². The molecule has 0 bridgehead atoms. The molecular formula is C21H31N3O4SSi. The number of pyridine rings is 2. The highest BCUT2D eigenvalue weighted by atomic mass is 32.2. The van der Waals surface area contributed by atoms with Crippen LogP contribution >= 0.6 is 0 Å². The predicted octanol–water partition coefficient (Wildman–Crippen LogP) is 3.24. The van der Waals surface area contributed by atoms with Crippen LogP contribution in [0.5, 0.6) is 0 Å². The summed E-state index contributed by atoms with van der Waals surface area (Å²) < 4.78 is 31.2. The maximum atomic E-state index is 12.3. The molecule has 164 valence electrons. The van der Waals surface area contributed by atoms with E-state index in [9.17, 15) is 13.2 Å². The Morgan fingerprint density at radius 1 is 1.20 bits per heavy atom. The van der Waals surface area contributed by atoms with Gasteiger partial charge in [0.25, 0.3) is 5.56 Å². The quantitative estimate of drug-likeness (QED) is 0.652. The van der Waals surface area contributed by atoms with Crippen LogP contribution in [0.15, 0.2) is 46.3 Å². The van der Waals surface area contributed by atoms with E-state index < -0.39 is 23.7 Å². The molecule has 0 unspecified atom stereocenters. The molecule has 0 spiro atoms. The van der Waals surface area contributed by atoms with Crippen molar-refractivity contribution in [1.82, 2.24) is 9.55 Å². The lowest BCUT2D eigenvalue weighted by atomic mass is 10.2. The Morgan fingerprint density at radius 3 is 2.43 bits per heavy atom. The van der Waals surface area contributed by atoms with Crippen molar-refractivity contribution in [3.8, 4) is 5.69 Å². The second-order valence-corrected chi connectivity index (χ2v) is 16.2. The molecule has 2 aromatic heterocycles. The van der Waals surface area contributed by atoms with Crippen LogP contribution in [0, 0.1) is 0 Å². The van der Waals surface area contributed by atoms with Crippen LogP contribution in [0.25, 0.3) is 5.69 Å². The number of hydrogen-bond donors (Lipinski definition) is 0. The van der Waals surface area contributed by atoms with E-state index in [0.717, 1.165) is 37.7 Å². The molecule has 3 rings (SSSR count). The summed E-state index contributed by atoms with van der Waals surface area (Å²) in [5.41, 5.74) is 0.188. The van der Waals surface area contributed by atoms with Crippen molar-refractivity contribution in [1.29, 1.82) is 0 Å². The molecule has 1 fully saturated rings. The first-order valence-corrected chi connectivity index (χ1v) is 14.9. The van der Waals surface area contributed by atoms with Gasteiger partial charge in [-0.25, -0.2) is 13.4 Å². The minimum Gasteiger partial charge on any atom is -0.412 e. The second-order valence-electron chi connectivity index (χ2n) is 9.45. The van der Waals surface area contributed by atoms with Crippen molar-refractivity contribution >= 4 is 24.0 Å². The van der Waals surface area contributed by atoms with Gasteiger partial charge in [-0.2, -0.15) is 0 Å². The molecule has 0 radical (unpaired) electrons. The van der Waals surface area contributed by atoms with Gasteiger partial charge in [-0.15, -0.1) is 0 Å². The number of anilines is 1. The van der Waals surface area contributed by atoms with Gasteiger partial charge in [0, 0.05) is 31.6 Å². The fraction of sp³-hybridized carbons (Fsp3) is 0.524. The molecule has 9 heteroatoms. The molecular weight excluding hydrogens is 418 g/mol. The smallest absolute Gasteiger partial charge is 0.256 e. The lowest BCUT2D eigenvalue weighted by Crippen LogP contribution is -2.44. The van der Waals surface area contributed by atoms with Gasteiger partial charge in [0.05, 0.1) is 22.9 Å². The summed E-state index contributed by atoms with van der Waals surface area (Å²) in [7, 11) is -5.22. The molecule has 7 nitrogen and oxygen atoms in total. The van der Waals surface area contributed by atoms with Crippen molar-refractivity contribution < 1.29 is 12.8 Å². The first-order chi connectivity index (χ1) is 13.8. The zero-order chi connectivity index (χ0) is 22.3. The van der Waals surface area contributed by atoms with E-state index in [4.69, 9.17) is 4.43 Å². The second kappa shape index (κ2) is 7.94. The number of hydrogen-bond acceptors (Lipinski definition) is 6. The van der Waals surface area contributed by atoms with Crippen LogP contribution in [0.2, 0.25) is 18.1 Å². The fourth-order valence-electron chi connectivity index (χ4n) is 3.24. The minimum atomic E-state index is -3.41. The average molecular weight is 450 g/mol. The van der Waals surface area contributed by atoms with Gasteiger partial charge < -0.3 is 9.33 Å². The van der Waals surface area contributed by atoms with Gasteiger partial charge in [-0.05, 0) is 42.8 Å². The highest BCUT2D eigenvalue weighted by Crippen LogP contribution is 2.38. The average Bonchev–Trinajstić information content (AvgIpc) is 3.08. The van der Waals surface area contributed by atoms with E-state index in [2.05, 4.69) is 43.7 Å². The molecule has 0 aliphatic carbocycles. The lowest BCUT2D eigenvalue weighted by Gasteiger charge is -2.38. The van der Waals surface area contributed by atoms with Crippen molar-refractivity contribution in [3.05, 3.63) is 47.0 Å². The van der Waals surface area contributed by atoms with E-state index in [1.54, 1.807) is 6.20 Å². The molecule has 0 aromatic carbocycles. The van der Waals surface area contributed by atoms with Crippen LogP contribution in [0.1, 0.15) is 27.2 Å². The van der Waals surface area contributed by atoms with E-state index in [0.29, 0.717) is 5.69 Å². The van der Waals surface area contributed by atoms with Crippen molar-refractivity contribution in [2.75, 3.05) is 24.2 Å². The van der Waals surface area contributed by atoms with Crippen molar-refractivity contribution in [2.45, 2.75) is 56.3 Å². The largest absolute Gasteiger partial charge is 0.412 e. The predicted molar refractivity (Wildman–Crippen MR) is 122 cm³/mol. The fourth-order valence-corrected chi connectivity index (χ4v) is 5.24. The highest BCUT2D eigenvalue weighted by molar-refractivity contribution is 7.90. The summed E-state index contributed by atoms with van der Waals surface area (Å²) in [5.74, 6) is 0.848. The SMILES string of the molecule is CC(C)(C)[Si](C)(C)O[C@@H]1CCN(c2ccc(-n3ccc(S(C)(=O)=O)cc3=O)cn2)C1. The van der Waals surface area contributed by atoms with Crippen LogP contribution < -0.4 is 10.5 Å². The van der Waals surface area contributed by atoms with Crippen LogP contribution in [-0.4, -0.2) is 51.7 Å². The molecule has 1 atom stereocenters. The number of sulfone groups is 1. The van der Waals surface area contributed by atoms with E-state index in [1.165, 1.54) is 16.8 Å². The van der Waals surface area contributed by atoms with Gasteiger partial charge in [0.2, 0.25) is 0 Å². The summed E-state index contributed by atoms with van der Waals surface area (Å²) >= 11 is 0. The Balaban J connectivity index is 1.72. The number of rotatable bonds is 5. The Kier molecular flexibility index (Phi) is 6.01. The maximum Gasteiger partial charge on any atom is 0.256 e. The van der Waals surface area contributed by atoms with Crippen LogP contribution in [-0.2, 0) is 14.3 Å².